The van der Waals surface area contributed by atoms with E-state index in [9.17, 15) is 0 Å². The van der Waals surface area contributed by atoms with Crippen molar-refractivity contribution < 1.29 is 4.74 Å². The van der Waals surface area contributed by atoms with Crippen molar-refractivity contribution in [3.8, 4) is 0 Å². The maximum absolute atomic E-state index is 5.33. The zero-order valence-corrected chi connectivity index (χ0v) is 8.37. The molecule has 2 fully saturated rings. The molecule has 2 aliphatic rings. The molecule has 0 aromatic heterocycles. The fraction of sp³-hybridized carbons (Fsp3) is 1.00. The first-order chi connectivity index (χ1) is 6.45. The molecule has 0 saturated carbocycles. The van der Waals surface area contributed by atoms with Crippen molar-refractivity contribution in [3.63, 3.8) is 0 Å². The van der Waals surface area contributed by atoms with Crippen molar-refractivity contribution in [2.24, 2.45) is 0 Å². The van der Waals surface area contributed by atoms with Gasteiger partial charge in [-0.15, -0.1) is 0 Å². The number of piperidine rings is 1. The molecule has 0 aliphatic carbocycles. The highest BCUT2D eigenvalue weighted by atomic mass is 16.5. The molecular weight excluding hydrogens is 164 g/mol. The SMILES string of the molecule is C1CCN(CN2CCOCC2)CC1. The third kappa shape index (κ3) is 2.93. The molecular formula is C10H20N2O. The molecule has 0 unspecified atom stereocenters. The normalized spacial score (nSPS) is 27.7. The van der Waals surface area contributed by atoms with E-state index in [1.54, 1.807) is 0 Å². The average Bonchev–Trinajstić information content (AvgIpc) is 2.21. The fourth-order valence-corrected chi connectivity index (χ4v) is 2.13. The lowest BCUT2D eigenvalue weighted by Gasteiger charge is -2.34. The lowest BCUT2D eigenvalue weighted by molar-refractivity contribution is 0.00625. The predicted molar refractivity (Wildman–Crippen MR) is 52.7 cm³/mol. The third-order valence-corrected chi connectivity index (χ3v) is 2.95. The van der Waals surface area contributed by atoms with Crippen LogP contribution in [0, 0.1) is 0 Å². The highest BCUT2D eigenvalue weighted by Gasteiger charge is 2.15. The smallest absolute Gasteiger partial charge is 0.0594 e. The number of ether oxygens (including phenoxy) is 1. The van der Waals surface area contributed by atoms with Crippen LogP contribution in [0.5, 0.6) is 0 Å². The summed E-state index contributed by atoms with van der Waals surface area (Å²) < 4.78 is 5.33. The molecule has 76 valence electrons. The lowest BCUT2D eigenvalue weighted by atomic mass is 10.1. The molecule has 0 aromatic carbocycles. The minimum atomic E-state index is 0.924. The maximum atomic E-state index is 5.33. The molecule has 13 heavy (non-hydrogen) atoms. The van der Waals surface area contributed by atoms with Crippen molar-refractivity contribution in [2.45, 2.75) is 19.3 Å². The van der Waals surface area contributed by atoms with E-state index < -0.39 is 0 Å². The molecule has 0 N–H and O–H groups in total. The van der Waals surface area contributed by atoms with Crippen LogP contribution in [0.2, 0.25) is 0 Å². The summed E-state index contributed by atoms with van der Waals surface area (Å²) >= 11 is 0. The van der Waals surface area contributed by atoms with Crippen molar-refractivity contribution in [2.75, 3.05) is 46.1 Å². The summed E-state index contributed by atoms with van der Waals surface area (Å²) in [6.07, 6.45) is 4.22. The van der Waals surface area contributed by atoms with Crippen LogP contribution in [-0.2, 0) is 4.74 Å². The topological polar surface area (TPSA) is 15.7 Å². The predicted octanol–water partition coefficient (Wildman–Crippen LogP) is 0.762. The van der Waals surface area contributed by atoms with Gasteiger partial charge < -0.3 is 4.74 Å². The van der Waals surface area contributed by atoms with Crippen LogP contribution in [0.25, 0.3) is 0 Å². The molecule has 2 aliphatic heterocycles. The van der Waals surface area contributed by atoms with Crippen LogP contribution in [0.15, 0.2) is 0 Å². The van der Waals surface area contributed by atoms with Gasteiger partial charge in [-0.25, -0.2) is 0 Å². The average molecular weight is 184 g/mol. The van der Waals surface area contributed by atoms with Crippen molar-refractivity contribution in [3.05, 3.63) is 0 Å². The van der Waals surface area contributed by atoms with Crippen LogP contribution in [0.3, 0.4) is 0 Å². The van der Waals surface area contributed by atoms with E-state index in [2.05, 4.69) is 9.80 Å². The zero-order chi connectivity index (χ0) is 8.93. The molecule has 0 radical (unpaired) electrons. The Hall–Kier alpha value is -0.120. The summed E-state index contributed by atoms with van der Waals surface area (Å²) in [5.41, 5.74) is 0. The van der Waals surface area contributed by atoms with Gasteiger partial charge in [-0.3, -0.25) is 9.80 Å². The van der Waals surface area contributed by atoms with Crippen LogP contribution in [0.4, 0.5) is 0 Å². The van der Waals surface area contributed by atoms with Gasteiger partial charge in [0, 0.05) is 13.1 Å². The van der Waals surface area contributed by atoms with E-state index in [0.29, 0.717) is 0 Å². The molecule has 0 spiro atoms. The summed E-state index contributed by atoms with van der Waals surface area (Å²) in [5.74, 6) is 0. The van der Waals surface area contributed by atoms with Gasteiger partial charge in [-0.1, -0.05) is 6.42 Å². The Morgan fingerprint density at radius 2 is 1.38 bits per heavy atom. The molecule has 0 amide bonds. The van der Waals surface area contributed by atoms with E-state index in [-0.39, 0.29) is 0 Å². The minimum absolute atomic E-state index is 0.924. The molecule has 0 bridgehead atoms. The Balaban J connectivity index is 1.69. The Bertz CT molecular complexity index is 124. The van der Waals surface area contributed by atoms with Crippen molar-refractivity contribution in [1.29, 1.82) is 0 Å². The monoisotopic (exact) mass is 184 g/mol. The third-order valence-electron chi connectivity index (χ3n) is 2.95. The Labute approximate surface area is 80.6 Å². The quantitative estimate of drug-likeness (QED) is 0.630. The van der Waals surface area contributed by atoms with Gasteiger partial charge in [0.2, 0.25) is 0 Å². The van der Waals surface area contributed by atoms with Crippen molar-refractivity contribution >= 4 is 0 Å². The van der Waals surface area contributed by atoms with E-state index in [1.165, 1.54) is 39.0 Å². The van der Waals surface area contributed by atoms with Gasteiger partial charge in [0.05, 0.1) is 19.9 Å². The van der Waals surface area contributed by atoms with Crippen molar-refractivity contribution in [1.82, 2.24) is 9.80 Å². The van der Waals surface area contributed by atoms with Gasteiger partial charge >= 0.3 is 0 Å². The number of hydrogen-bond acceptors (Lipinski definition) is 3. The second-order valence-corrected chi connectivity index (χ2v) is 4.05. The second-order valence-electron chi connectivity index (χ2n) is 4.05. The van der Waals surface area contributed by atoms with Gasteiger partial charge in [-0.2, -0.15) is 0 Å². The number of morpholine rings is 1. The minimum Gasteiger partial charge on any atom is -0.379 e. The molecule has 3 heteroatoms. The first-order valence-electron chi connectivity index (χ1n) is 5.47. The Morgan fingerprint density at radius 3 is 2.08 bits per heavy atom. The fourth-order valence-electron chi connectivity index (χ4n) is 2.13. The number of hydrogen-bond donors (Lipinski definition) is 0. The molecule has 2 rings (SSSR count). The van der Waals surface area contributed by atoms with Gasteiger partial charge in [0.15, 0.2) is 0 Å². The highest BCUT2D eigenvalue weighted by molar-refractivity contribution is 4.67. The van der Waals surface area contributed by atoms with E-state index in [1.807, 2.05) is 0 Å². The number of nitrogens with zero attached hydrogens (tertiary/aromatic N) is 2. The molecule has 3 nitrogen and oxygen atoms in total. The highest BCUT2D eigenvalue weighted by Crippen LogP contribution is 2.09. The first kappa shape index (κ1) is 9.44. The lowest BCUT2D eigenvalue weighted by Crippen LogP contribution is -2.45. The largest absolute Gasteiger partial charge is 0.379 e. The number of likely N-dealkylation sites (tertiary alicyclic amines) is 1. The van der Waals surface area contributed by atoms with E-state index in [0.717, 1.165) is 26.3 Å². The van der Waals surface area contributed by atoms with Crippen LogP contribution >= 0.6 is 0 Å². The van der Waals surface area contributed by atoms with Crippen LogP contribution in [0.1, 0.15) is 19.3 Å². The Kier molecular flexibility index (Phi) is 3.58. The van der Waals surface area contributed by atoms with Crippen LogP contribution in [-0.4, -0.2) is 55.9 Å². The van der Waals surface area contributed by atoms with E-state index in [4.69, 9.17) is 4.74 Å². The van der Waals surface area contributed by atoms with Gasteiger partial charge in [-0.05, 0) is 25.9 Å². The van der Waals surface area contributed by atoms with Crippen LogP contribution < -0.4 is 0 Å². The van der Waals surface area contributed by atoms with Gasteiger partial charge in [0.25, 0.3) is 0 Å². The summed E-state index contributed by atoms with van der Waals surface area (Å²) in [6.45, 7) is 7.87. The van der Waals surface area contributed by atoms with Gasteiger partial charge in [0.1, 0.15) is 0 Å². The second kappa shape index (κ2) is 4.94. The summed E-state index contributed by atoms with van der Waals surface area (Å²) in [7, 11) is 0. The summed E-state index contributed by atoms with van der Waals surface area (Å²) in [6, 6.07) is 0. The summed E-state index contributed by atoms with van der Waals surface area (Å²) in [4.78, 5) is 5.09. The molecule has 0 atom stereocenters. The van der Waals surface area contributed by atoms with E-state index >= 15 is 0 Å². The summed E-state index contributed by atoms with van der Waals surface area (Å²) in [5, 5.41) is 0. The molecule has 2 saturated heterocycles. The Morgan fingerprint density at radius 1 is 0.769 bits per heavy atom. The maximum Gasteiger partial charge on any atom is 0.0594 e. The first-order valence-corrected chi connectivity index (χ1v) is 5.47. The zero-order valence-electron chi connectivity index (χ0n) is 8.37. The number of rotatable bonds is 2. The molecule has 2 heterocycles. The molecule has 0 aromatic rings. The standard InChI is InChI=1S/C10H20N2O/c1-2-4-11(5-3-1)10-12-6-8-13-9-7-12/h1-10H2.